The maximum absolute atomic E-state index is 13.2. The van der Waals surface area contributed by atoms with Crippen LogP contribution < -0.4 is 11.2 Å². The van der Waals surface area contributed by atoms with Gasteiger partial charge in [0.15, 0.2) is 11.8 Å². The SMILES string of the molecule is CCC1(O)C(n2ccc(=O)[nH]c2=O)OC(CO)(CF)C1O. The van der Waals surface area contributed by atoms with Gasteiger partial charge in [-0.15, -0.1) is 0 Å². The highest BCUT2D eigenvalue weighted by molar-refractivity contribution is 5.09. The number of H-pyrrole nitrogens is 1. The van der Waals surface area contributed by atoms with Crippen molar-refractivity contribution in [2.75, 3.05) is 13.3 Å². The molecule has 21 heavy (non-hydrogen) atoms. The number of hydrogen-bond donors (Lipinski definition) is 4. The molecular weight excluding hydrogens is 287 g/mol. The Morgan fingerprint density at radius 2 is 2.19 bits per heavy atom. The topological polar surface area (TPSA) is 125 Å². The van der Waals surface area contributed by atoms with Gasteiger partial charge < -0.3 is 20.1 Å². The first-order valence-electron chi connectivity index (χ1n) is 6.41. The second-order valence-electron chi connectivity index (χ2n) is 5.09. The Morgan fingerprint density at radius 3 is 2.67 bits per heavy atom. The van der Waals surface area contributed by atoms with Gasteiger partial charge >= 0.3 is 5.69 Å². The van der Waals surface area contributed by atoms with Crippen molar-refractivity contribution < 1.29 is 24.4 Å². The lowest BCUT2D eigenvalue weighted by Gasteiger charge is -2.31. The lowest BCUT2D eigenvalue weighted by atomic mass is 9.85. The summed E-state index contributed by atoms with van der Waals surface area (Å²) >= 11 is 0. The van der Waals surface area contributed by atoms with E-state index in [0.717, 1.165) is 16.8 Å². The van der Waals surface area contributed by atoms with Gasteiger partial charge in [-0.2, -0.15) is 0 Å². The Hall–Kier alpha value is -1.55. The van der Waals surface area contributed by atoms with Gasteiger partial charge in [0.2, 0.25) is 0 Å². The summed E-state index contributed by atoms with van der Waals surface area (Å²) < 4.78 is 19.4. The highest BCUT2D eigenvalue weighted by Crippen LogP contribution is 2.45. The number of aromatic amines is 1. The first kappa shape index (κ1) is 15.8. The number of halogens is 1. The predicted molar refractivity (Wildman–Crippen MR) is 68.5 cm³/mol. The minimum absolute atomic E-state index is 0.0633. The summed E-state index contributed by atoms with van der Waals surface area (Å²) in [5.74, 6) is 0. The van der Waals surface area contributed by atoms with Crippen LogP contribution in [-0.2, 0) is 4.74 Å². The molecule has 4 unspecified atom stereocenters. The summed E-state index contributed by atoms with van der Waals surface area (Å²) in [6.07, 6.45) is -2.17. The summed E-state index contributed by atoms with van der Waals surface area (Å²) in [5, 5.41) is 30.1. The third kappa shape index (κ3) is 2.22. The molecule has 0 bridgehead atoms. The molecule has 0 radical (unpaired) electrons. The largest absolute Gasteiger partial charge is 0.393 e. The molecule has 1 aliphatic rings. The van der Waals surface area contributed by atoms with E-state index < -0.39 is 48.1 Å². The number of nitrogens with one attached hydrogen (secondary N) is 1. The smallest absolute Gasteiger partial charge is 0.330 e. The van der Waals surface area contributed by atoms with E-state index in [0.29, 0.717) is 0 Å². The molecule has 0 aliphatic carbocycles. The third-order valence-electron chi connectivity index (χ3n) is 3.91. The lowest BCUT2D eigenvalue weighted by molar-refractivity contribution is -0.141. The zero-order valence-electron chi connectivity index (χ0n) is 11.3. The molecular formula is C12H17FN2O6. The van der Waals surface area contributed by atoms with Crippen LogP contribution in [0.5, 0.6) is 0 Å². The highest BCUT2D eigenvalue weighted by Gasteiger charge is 2.63. The van der Waals surface area contributed by atoms with E-state index in [1.54, 1.807) is 0 Å². The van der Waals surface area contributed by atoms with Crippen LogP contribution in [0.1, 0.15) is 19.6 Å². The number of aliphatic hydroxyl groups is 3. The van der Waals surface area contributed by atoms with Crippen LogP contribution in [0.3, 0.4) is 0 Å². The maximum Gasteiger partial charge on any atom is 0.330 e. The molecule has 1 aliphatic heterocycles. The fourth-order valence-corrected chi connectivity index (χ4v) is 2.53. The normalized spacial score (nSPS) is 36.0. The minimum Gasteiger partial charge on any atom is -0.393 e. The van der Waals surface area contributed by atoms with Crippen molar-refractivity contribution in [3.05, 3.63) is 33.1 Å². The second-order valence-corrected chi connectivity index (χ2v) is 5.09. The number of alkyl halides is 1. The maximum atomic E-state index is 13.2. The Bertz CT molecular complexity index is 625. The number of aromatic nitrogens is 2. The van der Waals surface area contributed by atoms with Crippen LogP contribution in [0.25, 0.3) is 0 Å². The average molecular weight is 304 g/mol. The lowest BCUT2D eigenvalue weighted by Crippen LogP contribution is -2.54. The van der Waals surface area contributed by atoms with Crippen molar-refractivity contribution in [1.29, 1.82) is 0 Å². The van der Waals surface area contributed by atoms with Gasteiger partial charge in [0.25, 0.3) is 5.56 Å². The molecule has 118 valence electrons. The van der Waals surface area contributed by atoms with Crippen molar-refractivity contribution in [3.63, 3.8) is 0 Å². The highest BCUT2D eigenvalue weighted by atomic mass is 19.1. The monoisotopic (exact) mass is 304 g/mol. The molecule has 4 N–H and O–H groups in total. The van der Waals surface area contributed by atoms with E-state index in [4.69, 9.17) is 4.74 Å². The second kappa shape index (κ2) is 5.34. The van der Waals surface area contributed by atoms with Crippen LogP contribution in [0.4, 0.5) is 4.39 Å². The molecule has 4 atom stereocenters. The van der Waals surface area contributed by atoms with Crippen LogP contribution in [-0.4, -0.2) is 55.5 Å². The molecule has 1 aromatic rings. The van der Waals surface area contributed by atoms with Gasteiger partial charge in [-0.1, -0.05) is 6.92 Å². The zero-order valence-corrected chi connectivity index (χ0v) is 11.3. The fourth-order valence-electron chi connectivity index (χ4n) is 2.53. The van der Waals surface area contributed by atoms with Crippen LogP contribution >= 0.6 is 0 Å². The Morgan fingerprint density at radius 1 is 1.52 bits per heavy atom. The Balaban J connectivity index is 2.57. The molecule has 0 amide bonds. The first-order valence-corrected chi connectivity index (χ1v) is 6.41. The molecule has 0 spiro atoms. The van der Waals surface area contributed by atoms with Crippen molar-refractivity contribution in [2.24, 2.45) is 0 Å². The number of aliphatic hydroxyl groups excluding tert-OH is 2. The van der Waals surface area contributed by atoms with Crippen molar-refractivity contribution in [3.8, 4) is 0 Å². The summed E-state index contributed by atoms with van der Waals surface area (Å²) in [4.78, 5) is 24.9. The molecule has 2 heterocycles. The third-order valence-corrected chi connectivity index (χ3v) is 3.91. The van der Waals surface area contributed by atoms with E-state index in [1.807, 2.05) is 4.98 Å². The molecule has 1 fully saturated rings. The number of ether oxygens (including phenoxy) is 1. The van der Waals surface area contributed by atoms with Crippen molar-refractivity contribution in [2.45, 2.75) is 36.9 Å². The van der Waals surface area contributed by atoms with E-state index in [2.05, 4.69) is 0 Å². The van der Waals surface area contributed by atoms with Crippen LogP contribution in [0.2, 0.25) is 0 Å². The Labute approximate surface area is 118 Å². The van der Waals surface area contributed by atoms with E-state index >= 15 is 0 Å². The molecule has 1 aromatic heterocycles. The number of rotatable bonds is 4. The van der Waals surface area contributed by atoms with E-state index in [1.165, 1.54) is 6.92 Å². The summed E-state index contributed by atoms with van der Waals surface area (Å²) in [5.41, 5.74) is -5.53. The molecule has 8 nitrogen and oxygen atoms in total. The average Bonchev–Trinajstić information content (AvgIpc) is 2.70. The summed E-state index contributed by atoms with van der Waals surface area (Å²) in [6.45, 7) is -0.606. The zero-order chi connectivity index (χ0) is 15.8. The summed E-state index contributed by atoms with van der Waals surface area (Å²) in [7, 11) is 0. The molecule has 9 heteroatoms. The predicted octanol–water partition coefficient (Wildman–Crippen LogP) is -1.73. The van der Waals surface area contributed by atoms with Crippen molar-refractivity contribution in [1.82, 2.24) is 9.55 Å². The Kier molecular flexibility index (Phi) is 4.02. The van der Waals surface area contributed by atoms with Gasteiger partial charge in [0, 0.05) is 12.3 Å². The quantitative estimate of drug-likeness (QED) is 0.524. The molecule has 2 rings (SSSR count). The summed E-state index contributed by atoms with van der Waals surface area (Å²) in [6, 6.07) is 1.03. The van der Waals surface area contributed by atoms with Crippen LogP contribution in [0.15, 0.2) is 21.9 Å². The van der Waals surface area contributed by atoms with Gasteiger partial charge in [0.1, 0.15) is 18.4 Å². The molecule has 0 saturated carbocycles. The van der Waals surface area contributed by atoms with Crippen LogP contribution in [0, 0.1) is 0 Å². The number of nitrogens with zero attached hydrogens (tertiary/aromatic N) is 1. The standard InChI is InChI=1S/C12H17FN2O6/c1-2-12(20)8(18)11(5-13,6-16)21-9(12)15-4-3-7(17)14-10(15)19/h3-4,8-9,16,18,20H,2,5-6H2,1H3,(H,14,17,19). The minimum atomic E-state index is -2.02. The van der Waals surface area contributed by atoms with Gasteiger partial charge in [-0.25, -0.2) is 9.18 Å². The van der Waals surface area contributed by atoms with Gasteiger partial charge in [0.05, 0.1) is 6.61 Å². The number of hydrogen-bond acceptors (Lipinski definition) is 6. The van der Waals surface area contributed by atoms with E-state index in [9.17, 15) is 29.3 Å². The van der Waals surface area contributed by atoms with Gasteiger partial charge in [-0.3, -0.25) is 14.3 Å². The first-order chi connectivity index (χ1) is 9.84. The van der Waals surface area contributed by atoms with Crippen molar-refractivity contribution >= 4 is 0 Å². The molecule has 1 saturated heterocycles. The van der Waals surface area contributed by atoms with Gasteiger partial charge in [-0.05, 0) is 6.42 Å². The fraction of sp³-hybridized carbons (Fsp3) is 0.667. The molecule has 0 aromatic carbocycles. The van der Waals surface area contributed by atoms with E-state index in [-0.39, 0.29) is 6.42 Å².